The van der Waals surface area contributed by atoms with Crippen molar-refractivity contribution in [2.45, 2.75) is 69.3 Å². The van der Waals surface area contributed by atoms with Crippen molar-refractivity contribution < 1.29 is 41.5 Å². The number of nitriles is 1. The van der Waals surface area contributed by atoms with Crippen LogP contribution in [0.5, 0.6) is 5.75 Å². The molecule has 3 aliphatic heterocycles. The number of halogens is 5. The Morgan fingerprint density at radius 3 is 2.48 bits per heavy atom. The first-order valence-corrected chi connectivity index (χ1v) is 20.2. The van der Waals surface area contributed by atoms with E-state index in [0.29, 0.717) is 66.0 Å². The van der Waals surface area contributed by atoms with E-state index in [1.807, 2.05) is 6.92 Å². The van der Waals surface area contributed by atoms with Crippen molar-refractivity contribution >= 4 is 70.6 Å². The first-order chi connectivity index (χ1) is 28.4. The summed E-state index contributed by atoms with van der Waals surface area (Å²) in [6.07, 6.45) is -4.24. The van der Waals surface area contributed by atoms with Crippen LogP contribution >= 0.6 is 24.2 Å². The molecule has 60 heavy (non-hydrogen) atoms. The smallest absolute Gasteiger partial charge is 0.417 e. The number of amides is 4. The number of benzene rings is 3. The number of thiol groups is 1. The summed E-state index contributed by atoms with van der Waals surface area (Å²) in [5, 5.41) is 17.9. The number of imide groups is 1. The topological polar surface area (TPSA) is 150 Å². The normalized spacial score (nSPS) is 21.1. The highest BCUT2D eigenvalue weighted by molar-refractivity contribution is 7.81. The van der Waals surface area contributed by atoms with E-state index in [1.54, 1.807) is 61.2 Å². The highest BCUT2D eigenvalue weighted by atomic mass is 35.5. The fourth-order valence-electron chi connectivity index (χ4n) is 7.74. The highest BCUT2D eigenvalue weighted by Gasteiger charge is 2.52. The molecule has 320 valence electrons. The van der Waals surface area contributed by atoms with Gasteiger partial charge in [0.05, 0.1) is 30.4 Å². The minimum Gasteiger partial charge on any atom is -0.492 e. The highest BCUT2D eigenvalue weighted by Crippen LogP contribution is 2.43. The molecule has 4 amide bonds. The van der Waals surface area contributed by atoms with Gasteiger partial charge >= 0.3 is 6.18 Å². The number of piperazine rings is 1. The molecule has 0 spiro atoms. The first-order valence-electron chi connectivity index (χ1n) is 19.3. The van der Waals surface area contributed by atoms with Crippen LogP contribution in [-0.4, -0.2) is 103 Å². The maximum absolute atomic E-state index is 13.9. The lowest BCUT2D eigenvalue weighted by Gasteiger charge is -2.39. The summed E-state index contributed by atoms with van der Waals surface area (Å²) >= 11 is 11.0. The van der Waals surface area contributed by atoms with E-state index in [0.717, 1.165) is 17.0 Å². The molecule has 13 nitrogen and oxygen atoms in total. The number of rotatable bonds is 13. The van der Waals surface area contributed by atoms with E-state index in [2.05, 4.69) is 38.4 Å². The molecular formula is C41H45ClF4N8O5S. The van der Waals surface area contributed by atoms with E-state index in [4.69, 9.17) is 16.3 Å². The molecule has 19 heteroatoms. The van der Waals surface area contributed by atoms with Gasteiger partial charge in [-0.15, -0.1) is 12.6 Å². The predicted octanol–water partition coefficient (Wildman–Crippen LogP) is 5.83. The van der Waals surface area contributed by atoms with Gasteiger partial charge in [-0.25, -0.2) is 0 Å². The second kappa shape index (κ2) is 18.3. The zero-order valence-electron chi connectivity index (χ0n) is 33.1. The molecule has 3 saturated heterocycles. The fraction of sp³-hybridized carbons (Fsp3) is 0.439. The third-order valence-corrected chi connectivity index (χ3v) is 11.5. The van der Waals surface area contributed by atoms with Gasteiger partial charge in [-0.05, 0) is 87.4 Å². The Bertz CT molecular complexity index is 2190. The minimum atomic E-state index is -4.82. The van der Waals surface area contributed by atoms with Crippen molar-refractivity contribution in [3.8, 4) is 11.8 Å². The Labute approximate surface area is 355 Å². The number of carbonyl (C=O) groups is 4. The van der Waals surface area contributed by atoms with Gasteiger partial charge in [0.1, 0.15) is 23.9 Å². The number of aryl methyl sites for hydroxylation is 1. The molecule has 0 bridgehead atoms. The van der Waals surface area contributed by atoms with Crippen LogP contribution in [0, 0.1) is 11.3 Å². The van der Waals surface area contributed by atoms with Crippen LogP contribution in [0.25, 0.3) is 0 Å². The molecule has 0 aromatic heterocycles. The average Bonchev–Trinajstić information content (AvgIpc) is 3.35. The third-order valence-electron chi connectivity index (χ3n) is 10.8. The van der Waals surface area contributed by atoms with Crippen LogP contribution in [0.4, 0.5) is 40.3 Å². The maximum Gasteiger partial charge on any atom is 0.417 e. The Kier molecular flexibility index (Phi) is 13.5. The second-order valence-electron chi connectivity index (χ2n) is 15.4. The number of piperidine rings is 1. The zero-order valence-corrected chi connectivity index (χ0v) is 34.8. The van der Waals surface area contributed by atoms with Gasteiger partial charge in [0, 0.05) is 72.8 Å². The summed E-state index contributed by atoms with van der Waals surface area (Å²) in [5.74, 6) is -1.04. The lowest BCUT2D eigenvalue weighted by molar-refractivity contribution is -0.138. The second-order valence-corrected chi connectivity index (χ2v) is 16.3. The fourth-order valence-corrected chi connectivity index (χ4v) is 8.63. The zero-order chi connectivity index (χ0) is 43.5. The molecule has 0 aliphatic carbocycles. The van der Waals surface area contributed by atoms with Crippen molar-refractivity contribution in [1.29, 1.82) is 5.26 Å². The Hall–Kier alpha value is -5.09. The molecule has 0 radical (unpaired) electrons. The summed E-state index contributed by atoms with van der Waals surface area (Å²) in [6, 6.07) is 14.0. The molecule has 3 aromatic carbocycles. The van der Waals surface area contributed by atoms with Gasteiger partial charge in [0.25, 0.3) is 5.91 Å². The Balaban J connectivity index is 1.03. The van der Waals surface area contributed by atoms with Gasteiger partial charge in [0.15, 0.2) is 5.50 Å². The number of nitrogens with one attached hydrogen (secondary N) is 3. The van der Waals surface area contributed by atoms with Gasteiger partial charge in [0.2, 0.25) is 17.7 Å². The van der Waals surface area contributed by atoms with Gasteiger partial charge < -0.3 is 20.3 Å². The molecular weight excluding hydrogens is 828 g/mol. The van der Waals surface area contributed by atoms with E-state index in [1.165, 1.54) is 6.07 Å². The molecule has 6 rings (SSSR count). The standard InChI is InChI=1S/C41H45ClF4N8O5S/c1-24-22-51(12-13-52(24)23-36(56)49-29-18-27(42)17-28(19-29)48-33-7-9-35(55)50-37(33)57)14-15-59-34-8-6-31(16-25(34)10-11-43)54-39(60)53(38(58)40(54,2)3)30-5-4-26(21-47)32(20-30)41(44,45)46/h4-6,8,16-20,24,33,39,48,60H,7,9-15,22-23H2,1-3H3,(H,49,56)(H,50,55,57)/t24-,33?,39+/m1/s1. The monoisotopic (exact) mass is 872 g/mol. The Morgan fingerprint density at radius 1 is 1.07 bits per heavy atom. The van der Waals surface area contributed by atoms with E-state index < -0.39 is 52.9 Å². The van der Waals surface area contributed by atoms with Crippen molar-refractivity contribution in [3.63, 3.8) is 0 Å². The van der Waals surface area contributed by atoms with Crippen LogP contribution in [0.3, 0.4) is 0 Å². The maximum atomic E-state index is 13.9. The van der Waals surface area contributed by atoms with Crippen molar-refractivity contribution in [2.75, 3.05) is 66.4 Å². The summed E-state index contributed by atoms with van der Waals surface area (Å²) < 4.78 is 61.4. The molecule has 0 saturated carbocycles. The van der Waals surface area contributed by atoms with Crippen LogP contribution in [-0.2, 0) is 31.8 Å². The summed E-state index contributed by atoms with van der Waals surface area (Å²) in [4.78, 5) is 57.6. The van der Waals surface area contributed by atoms with Crippen LogP contribution in [0.2, 0.25) is 5.02 Å². The average molecular weight is 873 g/mol. The summed E-state index contributed by atoms with van der Waals surface area (Å²) in [7, 11) is 0. The van der Waals surface area contributed by atoms with E-state index >= 15 is 0 Å². The van der Waals surface area contributed by atoms with Crippen LogP contribution in [0.15, 0.2) is 54.6 Å². The van der Waals surface area contributed by atoms with Gasteiger partial charge in [-0.3, -0.25) is 43.6 Å². The van der Waals surface area contributed by atoms with E-state index in [9.17, 15) is 42.0 Å². The number of hydrogen-bond donors (Lipinski definition) is 4. The molecule has 3 N–H and O–H groups in total. The quantitative estimate of drug-likeness (QED) is 0.0940. The molecule has 3 aliphatic rings. The molecule has 1 unspecified atom stereocenters. The van der Waals surface area contributed by atoms with E-state index in [-0.39, 0.29) is 49.5 Å². The van der Waals surface area contributed by atoms with Crippen molar-refractivity contribution in [1.82, 2.24) is 15.1 Å². The molecule has 3 atom stereocenters. The lowest BCUT2D eigenvalue weighted by Crippen LogP contribution is -2.54. The number of nitrogens with zero attached hydrogens (tertiary/aromatic N) is 5. The van der Waals surface area contributed by atoms with Gasteiger partial charge in [-0.1, -0.05) is 11.6 Å². The third kappa shape index (κ3) is 9.92. The lowest BCUT2D eigenvalue weighted by atomic mass is 10.0. The SMILES string of the molecule is C[C@@H]1CN(CCOc2ccc(N3[C@@H](S)N(c4ccc(C#N)c(C(F)(F)F)c4)C(=O)C3(C)C)cc2CCF)CCN1CC(=O)Nc1cc(Cl)cc(NC2CCC(=O)NC2=O)c1. The van der Waals surface area contributed by atoms with Crippen molar-refractivity contribution in [2.24, 2.45) is 0 Å². The number of alkyl halides is 4. The number of hydrogen-bond acceptors (Lipinski definition) is 11. The molecule has 3 aromatic rings. The summed E-state index contributed by atoms with van der Waals surface area (Å²) in [5.41, 5.74) is -2.07. The number of ether oxygens (including phenoxy) is 1. The predicted molar refractivity (Wildman–Crippen MR) is 222 cm³/mol. The summed E-state index contributed by atoms with van der Waals surface area (Å²) in [6.45, 7) is 7.50. The largest absolute Gasteiger partial charge is 0.492 e. The van der Waals surface area contributed by atoms with Crippen molar-refractivity contribution in [3.05, 3.63) is 76.3 Å². The minimum absolute atomic E-state index is 0.0154. The number of carbonyl (C=O) groups excluding carboxylic acids is 4. The van der Waals surface area contributed by atoms with Crippen LogP contribution < -0.4 is 30.5 Å². The first kappa shape index (κ1) is 44.5. The van der Waals surface area contributed by atoms with Crippen LogP contribution in [0.1, 0.15) is 50.3 Å². The number of anilines is 4. The Morgan fingerprint density at radius 2 is 1.80 bits per heavy atom. The molecule has 3 heterocycles. The van der Waals surface area contributed by atoms with Gasteiger partial charge in [-0.2, -0.15) is 18.4 Å². The molecule has 3 fully saturated rings.